The van der Waals surface area contributed by atoms with Crippen LogP contribution >= 0.6 is 0 Å². The zero-order chi connectivity index (χ0) is 14.4. The Bertz CT molecular complexity index is 319. The van der Waals surface area contributed by atoms with Crippen molar-refractivity contribution in [1.29, 1.82) is 0 Å². The molecule has 0 radical (unpaired) electrons. The van der Waals surface area contributed by atoms with Crippen molar-refractivity contribution in [3.8, 4) is 0 Å². The number of nitrogens with zero attached hydrogens (tertiary/aromatic N) is 1. The minimum atomic E-state index is -0.823. The smallest absolute Gasteiger partial charge is 0.307 e. The third kappa shape index (κ3) is 5.19. The maximum atomic E-state index is 11.0. The number of hydrogen-bond acceptors (Lipinski definition) is 3. The molecule has 1 aliphatic carbocycles. The Hall–Kier alpha value is -1.10. The van der Waals surface area contributed by atoms with Gasteiger partial charge in [0.15, 0.2) is 0 Å². The van der Waals surface area contributed by atoms with Crippen molar-refractivity contribution in [2.45, 2.75) is 52.0 Å². The number of carboxylic acids is 2. The van der Waals surface area contributed by atoms with Crippen LogP contribution in [-0.4, -0.2) is 46.2 Å². The van der Waals surface area contributed by atoms with Gasteiger partial charge in [-0.15, -0.1) is 0 Å². The van der Waals surface area contributed by atoms with Gasteiger partial charge in [0.25, 0.3) is 0 Å². The van der Waals surface area contributed by atoms with Crippen molar-refractivity contribution in [2.24, 2.45) is 11.8 Å². The standard InChI is InChI=1S/C14H25NO4/c1-10-5-3-4-6-12(10)15(8-7-13(16)17)9-11(2)14(18)19/h10-12H,3-9H2,1-2H3,(H,16,17)(H,18,19). The maximum Gasteiger partial charge on any atom is 0.307 e. The number of rotatable bonds is 7. The Labute approximate surface area is 114 Å². The van der Waals surface area contributed by atoms with Crippen LogP contribution in [0, 0.1) is 11.8 Å². The van der Waals surface area contributed by atoms with Crippen LogP contribution in [0.2, 0.25) is 0 Å². The summed E-state index contributed by atoms with van der Waals surface area (Å²) in [6, 6.07) is 0.329. The van der Waals surface area contributed by atoms with Crippen molar-refractivity contribution < 1.29 is 19.8 Å². The van der Waals surface area contributed by atoms with Crippen LogP contribution in [0.1, 0.15) is 46.0 Å². The summed E-state index contributed by atoms with van der Waals surface area (Å²) >= 11 is 0. The highest BCUT2D eigenvalue weighted by Gasteiger charge is 2.29. The molecule has 0 bridgehead atoms. The van der Waals surface area contributed by atoms with Gasteiger partial charge in [-0.05, 0) is 18.8 Å². The molecule has 0 aromatic carbocycles. The van der Waals surface area contributed by atoms with Crippen LogP contribution in [-0.2, 0) is 9.59 Å². The summed E-state index contributed by atoms with van der Waals surface area (Å²) in [5.74, 6) is -1.58. The Morgan fingerprint density at radius 3 is 2.42 bits per heavy atom. The summed E-state index contributed by atoms with van der Waals surface area (Å²) in [5, 5.41) is 17.9. The molecule has 0 aliphatic heterocycles. The average Bonchev–Trinajstić information content (AvgIpc) is 2.34. The van der Waals surface area contributed by atoms with Gasteiger partial charge >= 0.3 is 11.9 Å². The highest BCUT2D eigenvalue weighted by Crippen LogP contribution is 2.28. The lowest BCUT2D eigenvalue weighted by molar-refractivity contribution is -0.142. The summed E-state index contributed by atoms with van der Waals surface area (Å²) in [6.07, 6.45) is 4.65. The van der Waals surface area contributed by atoms with E-state index in [0.717, 1.165) is 19.3 Å². The van der Waals surface area contributed by atoms with Crippen LogP contribution in [0.3, 0.4) is 0 Å². The van der Waals surface area contributed by atoms with E-state index in [4.69, 9.17) is 10.2 Å². The van der Waals surface area contributed by atoms with Crippen molar-refractivity contribution >= 4 is 11.9 Å². The average molecular weight is 271 g/mol. The molecule has 110 valence electrons. The lowest BCUT2D eigenvalue weighted by Crippen LogP contribution is -2.45. The van der Waals surface area contributed by atoms with E-state index in [2.05, 4.69) is 11.8 Å². The number of hydrogen-bond donors (Lipinski definition) is 2. The molecule has 1 rings (SSSR count). The topological polar surface area (TPSA) is 77.8 Å². The van der Waals surface area contributed by atoms with Gasteiger partial charge in [0.1, 0.15) is 0 Å². The van der Waals surface area contributed by atoms with Gasteiger partial charge < -0.3 is 10.2 Å². The van der Waals surface area contributed by atoms with E-state index in [1.54, 1.807) is 6.92 Å². The first-order valence-electron chi connectivity index (χ1n) is 7.10. The van der Waals surface area contributed by atoms with Crippen LogP contribution in [0.4, 0.5) is 0 Å². The zero-order valence-electron chi connectivity index (χ0n) is 11.8. The molecular weight excluding hydrogens is 246 g/mol. The highest BCUT2D eigenvalue weighted by atomic mass is 16.4. The van der Waals surface area contributed by atoms with Gasteiger partial charge in [0.05, 0.1) is 12.3 Å². The highest BCUT2D eigenvalue weighted by molar-refractivity contribution is 5.69. The van der Waals surface area contributed by atoms with E-state index < -0.39 is 17.9 Å². The van der Waals surface area contributed by atoms with E-state index in [-0.39, 0.29) is 6.42 Å². The molecule has 0 spiro atoms. The summed E-state index contributed by atoms with van der Waals surface area (Å²) in [4.78, 5) is 23.8. The normalized spacial score (nSPS) is 25.2. The molecule has 1 aliphatic rings. The fraction of sp³-hybridized carbons (Fsp3) is 0.857. The molecule has 5 nitrogen and oxygen atoms in total. The van der Waals surface area contributed by atoms with E-state index in [1.165, 1.54) is 6.42 Å². The lowest BCUT2D eigenvalue weighted by atomic mass is 9.84. The third-order valence-corrected chi connectivity index (χ3v) is 4.08. The first-order chi connectivity index (χ1) is 8.91. The Balaban J connectivity index is 2.66. The van der Waals surface area contributed by atoms with Gasteiger partial charge in [-0.3, -0.25) is 14.5 Å². The first kappa shape index (κ1) is 16.0. The Kier molecular flexibility index (Phi) is 6.28. The SMILES string of the molecule is CC(CN(CCC(=O)O)C1CCCCC1C)C(=O)O. The predicted molar refractivity (Wildman–Crippen MR) is 72.0 cm³/mol. The first-order valence-corrected chi connectivity index (χ1v) is 7.10. The molecule has 19 heavy (non-hydrogen) atoms. The van der Waals surface area contributed by atoms with Crippen molar-refractivity contribution in [2.75, 3.05) is 13.1 Å². The van der Waals surface area contributed by atoms with Gasteiger partial charge in [-0.1, -0.05) is 26.7 Å². The summed E-state index contributed by atoms with van der Waals surface area (Å²) < 4.78 is 0. The summed E-state index contributed by atoms with van der Waals surface area (Å²) in [5.41, 5.74) is 0. The summed E-state index contributed by atoms with van der Waals surface area (Å²) in [6.45, 7) is 4.76. The molecule has 1 fully saturated rings. The van der Waals surface area contributed by atoms with Crippen LogP contribution in [0.15, 0.2) is 0 Å². The number of aliphatic carboxylic acids is 2. The minimum Gasteiger partial charge on any atom is -0.481 e. The third-order valence-electron chi connectivity index (χ3n) is 4.08. The molecule has 5 heteroatoms. The molecular formula is C14H25NO4. The molecule has 2 N–H and O–H groups in total. The molecule has 0 aromatic heterocycles. The van der Waals surface area contributed by atoms with E-state index in [1.807, 2.05) is 0 Å². The minimum absolute atomic E-state index is 0.0789. The Morgan fingerprint density at radius 1 is 1.26 bits per heavy atom. The molecule has 0 heterocycles. The number of carbonyl (C=O) groups is 2. The van der Waals surface area contributed by atoms with Crippen molar-refractivity contribution in [3.05, 3.63) is 0 Å². The second-order valence-electron chi connectivity index (χ2n) is 5.71. The molecule has 1 saturated carbocycles. The van der Waals surface area contributed by atoms with E-state index in [0.29, 0.717) is 25.0 Å². The fourth-order valence-electron chi connectivity index (χ4n) is 2.90. The molecule has 0 amide bonds. The molecule has 0 aromatic rings. The molecule has 3 atom stereocenters. The zero-order valence-corrected chi connectivity index (χ0v) is 11.8. The second kappa shape index (κ2) is 7.48. The van der Waals surface area contributed by atoms with Crippen molar-refractivity contribution in [1.82, 2.24) is 4.90 Å². The van der Waals surface area contributed by atoms with Crippen molar-refractivity contribution in [3.63, 3.8) is 0 Å². The van der Waals surface area contributed by atoms with Crippen LogP contribution in [0.5, 0.6) is 0 Å². The number of carboxylic acid groups (broad SMARTS) is 2. The van der Waals surface area contributed by atoms with Gasteiger partial charge in [0, 0.05) is 19.1 Å². The lowest BCUT2D eigenvalue weighted by Gasteiger charge is -2.39. The quantitative estimate of drug-likeness (QED) is 0.741. The second-order valence-corrected chi connectivity index (χ2v) is 5.71. The van der Waals surface area contributed by atoms with Crippen LogP contribution in [0.25, 0.3) is 0 Å². The predicted octanol–water partition coefficient (Wildman–Crippen LogP) is 2.06. The molecule has 0 saturated heterocycles. The largest absolute Gasteiger partial charge is 0.481 e. The van der Waals surface area contributed by atoms with Crippen LogP contribution < -0.4 is 0 Å². The monoisotopic (exact) mass is 271 g/mol. The summed E-state index contributed by atoms with van der Waals surface area (Å²) in [7, 11) is 0. The molecule has 3 unspecified atom stereocenters. The van der Waals surface area contributed by atoms with E-state index >= 15 is 0 Å². The van der Waals surface area contributed by atoms with E-state index in [9.17, 15) is 9.59 Å². The fourth-order valence-corrected chi connectivity index (χ4v) is 2.90. The maximum absolute atomic E-state index is 11.0. The Morgan fingerprint density at radius 2 is 1.89 bits per heavy atom. The van der Waals surface area contributed by atoms with Gasteiger partial charge in [-0.25, -0.2) is 0 Å². The van der Waals surface area contributed by atoms with Gasteiger partial charge in [-0.2, -0.15) is 0 Å². The van der Waals surface area contributed by atoms with Gasteiger partial charge in [0.2, 0.25) is 0 Å².